The van der Waals surface area contributed by atoms with Crippen LogP contribution in [0.2, 0.25) is 0 Å². The van der Waals surface area contributed by atoms with Crippen molar-refractivity contribution in [1.82, 2.24) is 9.97 Å². The molecular formula is C29H33F2N7O. The van der Waals surface area contributed by atoms with Gasteiger partial charge in [-0.15, -0.1) is 0 Å². The number of anilines is 1. The monoisotopic (exact) mass is 533 g/mol. The molecule has 204 valence electrons. The van der Waals surface area contributed by atoms with Crippen LogP contribution in [-0.4, -0.2) is 48.1 Å². The van der Waals surface area contributed by atoms with Gasteiger partial charge in [0.2, 0.25) is 0 Å². The van der Waals surface area contributed by atoms with Crippen molar-refractivity contribution >= 4 is 24.7 Å². The summed E-state index contributed by atoms with van der Waals surface area (Å²) in [6.07, 6.45) is 8.60. The topological polar surface area (TPSA) is 132 Å². The number of nitrogens with one attached hydrogen (secondary N) is 1. The predicted molar refractivity (Wildman–Crippen MR) is 150 cm³/mol. The van der Waals surface area contributed by atoms with Crippen molar-refractivity contribution in [1.29, 1.82) is 0 Å². The number of nitrogens with zero attached hydrogens (tertiary/aromatic N) is 4. The van der Waals surface area contributed by atoms with E-state index in [2.05, 4.69) is 32.2 Å². The second kappa shape index (κ2) is 12.7. The first kappa shape index (κ1) is 28.0. The van der Waals surface area contributed by atoms with Gasteiger partial charge in [-0.2, -0.15) is 0 Å². The van der Waals surface area contributed by atoms with Crippen LogP contribution >= 0.6 is 0 Å². The van der Waals surface area contributed by atoms with Crippen LogP contribution in [0.5, 0.6) is 0 Å². The first-order valence-electron chi connectivity index (χ1n) is 12.9. The van der Waals surface area contributed by atoms with Crippen LogP contribution in [0.4, 0.5) is 14.5 Å². The van der Waals surface area contributed by atoms with Crippen LogP contribution in [0.15, 0.2) is 58.8 Å². The lowest BCUT2D eigenvalue weighted by molar-refractivity contribution is 0.111. The lowest BCUT2D eigenvalue weighted by Gasteiger charge is -2.42. The highest BCUT2D eigenvalue weighted by molar-refractivity contribution is 5.75. The molecule has 10 heteroatoms. The number of halogens is 2. The van der Waals surface area contributed by atoms with Crippen molar-refractivity contribution < 1.29 is 13.6 Å². The van der Waals surface area contributed by atoms with Gasteiger partial charge in [0.1, 0.15) is 29.4 Å². The maximum absolute atomic E-state index is 15.2. The van der Waals surface area contributed by atoms with Gasteiger partial charge in [-0.05, 0) is 72.4 Å². The Morgan fingerprint density at radius 3 is 2.74 bits per heavy atom. The van der Waals surface area contributed by atoms with E-state index in [1.807, 2.05) is 13.1 Å². The minimum absolute atomic E-state index is 0.00363. The largest absolute Gasteiger partial charge is 0.390 e. The lowest BCUT2D eigenvalue weighted by Crippen LogP contribution is -2.47. The summed E-state index contributed by atoms with van der Waals surface area (Å²) in [4.78, 5) is 28.2. The average Bonchev–Trinajstić information content (AvgIpc) is 2.94. The van der Waals surface area contributed by atoms with E-state index in [9.17, 15) is 9.18 Å². The van der Waals surface area contributed by atoms with Crippen molar-refractivity contribution in [2.75, 3.05) is 12.4 Å². The Morgan fingerprint density at radius 1 is 1.18 bits per heavy atom. The summed E-state index contributed by atoms with van der Waals surface area (Å²) >= 11 is 0. The van der Waals surface area contributed by atoms with Gasteiger partial charge in [0.25, 0.3) is 0 Å². The molecule has 1 fully saturated rings. The van der Waals surface area contributed by atoms with E-state index in [1.165, 1.54) is 24.8 Å². The van der Waals surface area contributed by atoms with E-state index in [4.69, 9.17) is 11.5 Å². The number of aldehydes is 1. The van der Waals surface area contributed by atoms with Gasteiger partial charge in [-0.25, -0.2) is 18.8 Å². The summed E-state index contributed by atoms with van der Waals surface area (Å²) in [5.41, 5.74) is 14.7. The molecule has 4 rings (SSSR count). The number of aliphatic imine (C=N–C) groups is 2. The SMILES string of the molecule is CNc1cnccc1C1CC(N)C(N=CN=CN)C(C(C)Cc2cccc(F)c2-c2nc(C=O)ccc2F)C1. The van der Waals surface area contributed by atoms with E-state index >= 15 is 4.39 Å². The Labute approximate surface area is 226 Å². The molecule has 1 aliphatic carbocycles. The van der Waals surface area contributed by atoms with E-state index in [0.29, 0.717) is 18.3 Å². The van der Waals surface area contributed by atoms with Crippen LogP contribution in [0.25, 0.3) is 11.3 Å². The van der Waals surface area contributed by atoms with Gasteiger partial charge >= 0.3 is 0 Å². The standard InChI is InChI=1S/C29H33F2N7O/c1-17(10-18-4-3-5-23(30)27(18)29-24(31)7-6-20(14-39)38-29)22-11-19(21-8-9-35-13-26(21)34-2)12-25(33)28(22)37-16-36-15-32/h3-9,13-17,19,22,25,28,34H,10-12,33H2,1-2H3,(H2,32,36,37). The highest BCUT2D eigenvalue weighted by atomic mass is 19.1. The van der Waals surface area contributed by atoms with E-state index in [-0.39, 0.29) is 46.8 Å². The van der Waals surface area contributed by atoms with Crippen LogP contribution in [-0.2, 0) is 6.42 Å². The second-order valence-electron chi connectivity index (χ2n) is 9.90. The summed E-state index contributed by atoms with van der Waals surface area (Å²) < 4.78 is 30.0. The lowest BCUT2D eigenvalue weighted by atomic mass is 9.67. The van der Waals surface area contributed by atoms with Gasteiger partial charge in [0.05, 0.1) is 24.3 Å². The van der Waals surface area contributed by atoms with Crippen molar-refractivity contribution in [3.8, 4) is 11.3 Å². The maximum Gasteiger partial charge on any atom is 0.168 e. The number of rotatable bonds is 9. The van der Waals surface area contributed by atoms with Crippen LogP contribution in [0, 0.1) is 23.5 Å². The summed E-state index contributed by atoms with van der Waals surface area (Å²) in [6, 6.07) is 8.54. The molecule has 0 amide bonds. The Hall–Kier alpha value is -4.05. The van der Waals surface area contributed by atoms with E-state index in [1.54, 1.807) is 24.5 Å². The van der Waals surface area contributed by atoms with Gasteiger partial charge in [0, 0.05) is 24.8 Å². The first-order valence-corrected chi connectivity index (χ1v) is 12.9. The number of carbonyl (C=O) groups excluding carboxylic acids is 1. The summed E-state index contributed by atoms with van der Waals surface area (Å²) in [5, 5.41) is 3.22. The first-order chi connectivity index (χ1) is 18.9. The molecule has 5 atom stereocenters. The number of hydrogen-bond donors (Lipinski definition) is 3. The summed E-state index contributed by atoms with van der Waals surface area (Å²) in [5.74, 6) is -1.18. The third-order valence-corrected chi connectivity index (χ3v) is 7.54. The number of benzene rings is 1. The minimum Gasteiger partial charge on any atom is -0.390 e. The molecule has 39 heavy (non-hydrogen) atoms. The van der Waals surface area contributed by atoms with Gasteiger partial charge < -0.3 is 16.8 Å². The third-order valence-electron chi connectivity index (χ3n) is 7.54. The van der Waals surface area contributed by atoms with Gasteiger partial charge in [-0.1, -0.05) is 19.1 Å². The number of aromatic nitrogens is 2. The molecule has 0 spiro atoms. The number of carbonyl (C=O) groups is 1. The fraction of sp³-hybridized carbons (Fsp3) is 0.345. The summed E-state index contributed by atoms with van der Waals surface area (Å²) in [7, 11) is 1.86. The van der Waals surface area contributed by atoms with E-state index < -0.39 is 11.6 Å². The smallest absolute Gasteiger partial charge is 0.168 e. The molecule has 0 radical (unpaired) electrons. The number of nitrogens with two attached hydrogens (primary N) is 2. The predicted octanol–water partition coefficient (Wildman–Crippen LogP) is 4.36. The van der Waals surface area contributed by atoms with Crippen molar-refractivity contribution in [3.05, 3.63) is 77.2 Å². The molecular weight excluding hydrogens is 500 g/mol. The molecule has 0 aliphatic heterocycles. The number of pyridine rings is 2. The normalized spacial score (nSPS) is 22.3. The molecule has 5 N–H and O–H groups in total. The molecule has 2 heterocycles. The fourth-order valence-corrected chi connectivity index (χ4v) is 5.72. The molecule has 1 aromatic carbocycles. The minimum atomic E-state index is -0.696. The molecule has 1 saturated carbocycles. The van der Waals surface area contributed by atoms with Crippen molar-refractivity contribution in [2.45, 2.75) is 44.2 Å². The highest BCUT2D eigenvalue weighted by Crippen LogP contribution is 2.43. The van der Waals surface area contributed by atoms with Crippen LogP contribution in [0.1, 0.15) is 47.3 Å². The quantitative estimate of drug-likeness (QED) is 0.213. The second-order valence-corrected chi connectivity index (χ2v) is 9.90. The van der Waals surface area contributed by atoms with Crippen LogP contribution < -0.4 is 16.8 Å². The maximum atomic E-state index is 15.2. The zero-order valence-electron chi connectivity index (χ0n) is 22.0. The zero-order chi connectivity index (χ0) is 27.9. The molecule has 3 aromatic rings. The number of hydrogen-bond acceptors (Lipinski definition) is 6. The van der Waals surface area contributed by atoms with E-state index in [0.717, 1.165) is 30.2 Å². The Bertz CT molecular complexity index is 1360. The fourth-order valence-electron chi connectivity index (χ4n) is 5.72. The van der Waals surface area contributed by atoms with Crippen LogP contribution in [0.3, 0.4) is 0 Å². The molecule has 1 aliphatic rings. The Balaban J connectivity index is 1.71. The summed E-state index contributed by atoms with van der Waals surface area (Å²) in [6.45, 7) is 2.07. The Kier molecular flexibility index (Phi) is 9.08. The zero-order valence-corrected chi connectivity index (χ0v) is 22.0. The van der Waals surface area contributed by atoms with Gasteiger partial charge in [0.15, 0.2) is 6.29 Å². The van der Waals surface area contributed by atoms with Gasteiger partial charge in [-0.3, -0.25) is 14.8 Å². The highest BCUT2D eigenvalue weighted by Gasteiger charge is 2.40. The molecule has 5 unspecified atom stereocenters. The average molecular weight is 534 g/mol. The Morgan fingerprint density at radius 2 is 2.00 bits per heavy atom. The van der Waals surface area contributed by atoms with Crippen molar-refractivity contribution in [3.63, 3.8) is 0 Å². The molecule has 0 saturated heterocycles. The third kappa shape index (κ3) is 6.17. The molecule has 8 nitrogen and oxygen atoms in total. The molecule has 2 aromatic heterocycles. The van der Waals surface area contributed by atoms with Crippen molar-refractivity contribution in [2.24, 2.45) is 33.3 Å². The molecule has 0 bridgehead atoms.